The van der Waals surface area contributed by atoms with Gasteiger partial charge < -0.3 is 15.2 Å². The van der Waals surface area contributed by atoms with Gasteiger partial charge in [0.05, 0.1) is 6.42 Å². The third-order valence-corrected chi connectivity index (χ3v) is 1.94. The quantitative estimate of drug-likeness (QED) is 0.490. The Kier molecular flexibility index (Phi) is 3.77. The molecule has 1 saturated heterocycles. The molecule has 4 nitrogen and oxygen atoms in total. The van der Waals surface area contributed by atoms with E-state index >= 15 is 0 Å². The highest BCUT2D eigenvalue weighted by molar-refractivity contribution is 5.79. The summed E-state index contributed by atoms with van der Waals surface area (Å²) in [6.07, 6.45) is -0.758. The predicted molar refractivity (Wildman–Crippen MR) is 44.0 cm³/mol. The first-order valence-electron chi connectivity index (χ1n) is 4.47. The lowest BCUT2D eigenvalue weighted by molar-refractivity contribution is -0.159. The number of hydrogen-bond acceptors (Lipinski definition) is 4. The highest BCUT2D eigenvalue weighted by atomic mass is 19.3. The normalized spacial score (nSPS) is 25.1. The predicted octanol–water partition coefficient (Wildman–Crippen LogP) is -0.0908. The zero-order valence-electron chi connectivity index (χ0n) is 7.63. The van der Waals surface area contributed by atoms with Gasteiger partial charge in [-0.25, -0.2) is 4.79 Å². The van der Waals surface area contributed by atoms with Crippen LogP contribution in [0.1, 0.15) is 12.8 Å². The summed E-state index contributed by atoms with van der Waals surface area (Å²) in [4.78, 5) is 10.6. The molecular weight excluding hydrogens is 196 g/mol. The van der Waals surface area contributed by atoms with E-state index in [4.69, 9.17) is 5.11 Å². The Bertz CT molecular complexity index is 211. The van der Waals surface area contributed by atoms with Gasteiger partial charge >= 0.3 is 11.9 Å². The Morgan fingerprint density at radius 2 is 2.36 bits per heavy atom. The third-order valence-electron chi connectivity index (χ3n) is 1.94. The molecule has 2 N–H and O–H groups in total. The van der Waals surface area contributed by atoms with Crippen molar-refractivity contribution in [2.24, 2.45) is 0 Å². The molecule has 0 aromatic rings. The van der Waals surface area contributed by atoms with Crippen LogP contribution in [0.4, 0.5) is 8.78 Å². The van der Waals surface area contributed by atoms with Gasteiger partial charge in [0, 0.05) is 13.2 Å². The number of hydrogen-bond donors (Lipinski definition) is 2. The molecule has 1 rings (SSSR count). The fourth-order valence-electron chi connectivity index (χ4n) is 1.23. The molecule has 0 aromatic carbocycles. The lowest BCUT2D eigenvalue weighted by Gasteiger charge is -2.08. The molecule has 1 unspecified atom stereocenters. The average Bonchev–Trinajstić information content (AvgIpc) is 2.35. The Labute approximate surface area is 80.2 Å². The van der Waals surface area contributed by atoms with Crippen LogP contribution in [0, 0.1) is 0 Å². The summed E-state index contributed by atoms with van der Waals surface area (Å²) in [6.45, 7) is 0.783. The minimum absolute atomic E-state index is 0.0492. The van der Waals surface area contributed by atoms with Gasteiger partial charge in [0.25, 0.3) is 0 Å². The SMILES string of the molecule is O=C1OC(CNCCCO)CC1(F)F. The van der Waals surface area contributed by atoms with E-state index in [0.29, 0.717) is 13.0 Å². The first kappa shape index (κ1) is 11.3. The molecule has 0 aliphatic carbocycles. The number of carbonyl (C=O) groups is 1. The molecule has 0 saturated carbocycles. The van der Waals surface area contributed by atoms with Crippen molar-refractivity contribution in [3.63, 3.8) is 0 Å². The maximum absolute atomic E-state index is 12.6. The molecule has 1 aliphatic heterocycles. The second-order valence-corrected chi connectivity index (χ2v) is 3.22. The van der Waals surface area contributed by atoms with Crippen LogP contribution in [0.15, 0.2) is 0 Å². The van der Waals surface area contributed by atoms with Crippen molar-refractivity contribution in [3.8, 4) is 0 Å². The largest absolute Gasteiger partial charge is 0.456 e. The number of aliphatic hydroxyl groups is 1. The van der Waals surface area contributed by atoms with Crippen LogP contribution >= 0.6 is 0 Å². The molecule has 14 heavy (non-hydrogen) atoms. The average molecular weight is 209 g/mol. The number of rotatable bonds is 5. The Balaban J connectivity index is 2.19. The zero-order chi connectivity index (χ0) is 10.6. The van der Waals surface area contributed by atoms with E-state index in [1.54, 1.807) is 0 Å². The van der Waals surface area contributed by atoms with Crippen LogP contribution in [0.2, 0.25) is 0 Å². The molecule has 0 bridgehead atoms. The van der Waals surface area contributed by atoms with Crippen molar-refractivity contribution in [2.75, 3.05) is 19.7 Å². The lowest BCUT2D eigenvalue weighted by Crippen LogP contribution is -2.28. The molecule has 0 aromatic heterocycles. The van der Waals surface area contributed by atoms with Gasteiger partial charge in [-0.3, -0.25) is 0 Å². The molecule has 1 heterocycles. The Hall–Kier alpha value is -0.750. The molecule has 1 atom stereocenters. The van der Waals surface area contributed by atoms with Crippen LogP contribution < -0.4 is 5.32 Å². The molecule has 0 amide bonds. The highest BCUT2D eigenvalue weighted by Crippen LogP contribution is 2.30. The molecule has 6 heteroatoms. The fraction of sp³-hybridized carbons (Fsp3) is 0.875. The van der Waals surface area contributed by atoms with Crippen molar-refractivity contribution in [3.05, 3.63) is 0 Å². The number of halogens is 2. The van der Waals surface area contributed by atoms with E-state index < -0.39 is 24.4 Å². The van der Waals surface area contributed by atoms with Crippen molar-refractivity contribution < 1.29 is 23.4 Å². The van der Waals surface area contributed by atoms with Crippen molar-refractivity contribution in [1.82, 2.24) is 5.32 Å². The molecule has 1 fully saturated rings. The summed E-state index contributed by atoms with van der Waals surface area (Å²) in [5, 5.41) is 11.3. The minimum Gasteiger partial charge on any atom is -0.456 e. The van der Waals surface area contributed by atoms with E-state index in [1.165, 1.54) is 0 Å². The topological polar surface area (TPSA) is 58.6 Å². The standard InChI is InChI=1S/C8H13F2NO3/c9-8(10)4-6(14-7(8)13)5-11-2-1-3-12/h6,11-12H,1-5H2. The number of carbonyl (C=O) groups excluding carboxylic acids is 1. The number of nitrogens with one attached hydrogen (secondary N) is 1. The summed E-state index contributed by atoms with van der Waals surface area (Å²) >= 11 is 0. The second-order valence-electron chi connectivity index (χ2n) is 3.22. The lowest BCUT2D eigenvalue weighted by atomic mass is 10.2. The van der Waals surface area contributed by atoms with Crippen molar-refractivity contribution >= 4 is 5.97 Å². The van der Waals surface area contributed by atoms with Gasteiger partial charge in [0.2, 0.25) is 0 Å². The number of cyclic esters (lactones) is 1. The van der Waals surface area contributed by atoms with Crippen LogP contribution in [0.3, 0.4) is 0 Å². The monoisotopic (exact) mass is 209 g/mol. The zero-order valence-corrected chi connectivity index (χ0v) is 7.63. The fourth-order valence-corrected chi connectivity index (χ4v) is 1.23. The molecule has 0 radical (unpaired) electrons. The summed E-state index contributed by atoms with van der Waals surface area (Å²) < 4.78 is 29.7. The summed E-state index contributed by atoms with van der Waals surface area (Å²) in [5.74, 6) is -4.77. The van der Waals surface area contributed by atoms with Gasteiger partial charge in [-0.05, 0) is 13.0 Å². The second kappa shape index (κ2) is 4.65. The maximum atomic E-state index is 12.6. The maximum Gasteiger partial charge on any atom is 0.377 e. The third kappa shape index (κ3) is 2.88. The van der Waals surface area contributed by atoms with Gasteiger partial charge in [-0.2, -0.15) is 8.78 Å². The van der Waals surface area contributed by atoms with Crippen LogP contribution in [-0.2, 0) is 9.53 Å². The summed E-state index contributed by atoms with van der Waals surface area (Å²) in [7, 11) is 0. The van der Waals surface area contributed by atoms with Gasteiger partial charge in [-0.1, -0.05) is 0 Å². The van der Waals surface area contributed by atoms with Crippen LogP contribution in [-0.4, -0.2) is 42.8 Å². The summed E-state index contributed by atoms with van der Waals surface area (Å²) in [5.41, 5.74) is 0. The molecule has 0 spiro atoms. The van der Waals surface area contributed by atoms with Crippen molar-refractivity contribution in [2.45, 2.75) is 24.9 Å². The van der Waals surface area contributed by atoms with E-state index in [1.807, 2.05) is 0 Å². The van der Waals surface area contributed by atoms with E-state index in [-0.39, 0.29) is 13.2 Å². The summed E-state index contributed by atoms with van der Waals surface area (Å²) in [6, 6.07) is 0. The number of aliphatic hydroxyl groups excluding tert-OH is 1. The highest BCUT2D eigenvalue weighted by Gasteiger charge is 2.50. The van der Waals surface area contributed by atoms with Gasteiger partial charge in [-0.15, -0.1) is 0 Å². The van der Waals surface area contributed by atoms with E-state index in [9.17, 15) is 13.6 Å². The number of esters is 1. The van der Waals surface area contributed by atoms with E-state index in [0.717, 1.165) is 0 Å². The van der Waals surface area contributed by atoms with E-state index in [2.05, 4.69) is 10.1 Å². The molecular formula is C8H13F2NO3. The van der Waals surface area contributed by atoms with Crippen LogP contribution in [0.5, 0.6) is 0 Å². The molecule has 1 aliphatic rings. The Morgan fingerprint density at radius 1 is 1.64 bits per heavy atom. The number of ether oxygens (including phenoxy) is 1. The van der Waals surface area contributed by atoms with Gasteiger partial charge in [0.1, 0.15) is 6.10 Å². The van der Waals surface area contributed by atoms with Crippen molar-refractivity contribution in [1.29, 1.82) is 0 Å². The minimum atomic E-state index is -3.33. The molecule has 82 valence electrons. The first-order chi connectivity index (χ1) is 6.56. The van der Waals surface area contributed by atoms with Gasteiger partial charge in [0.15, 0.2) is 0 Å². The number of alkyl halides is 2. The first-order valence-corrected chi connectivity index (χ1v) is 4.47. The van der Waals surface area contributed by atoms with Crippen LogP contribution in [0.25, 0.3) is 0 Å². The Morgan fingerprint density at radius 3 is 2.86 bits per heavy atom. The smallest absolute Gasteiger partial charge is 0.377 e.